The molecule has 1 fully saturated rings. The van der Waals surface area contributed by atoms with Crippen molar-refractivity contribution in [2.45, 2.75) is 38.7 Å². The van der Waals surface area contributed by atoms with Crippen molar-refractivity contribution in [3.05, 3.63) is 29.3 Å². The highest BCUT2D eigenvalue weighted by atomic mass is 16.3. The third-order valence-corrected chi connectivity index (χ3v) is 4.03. The van der Waals surface area contributed by atoms with Gasteiger partial charge in [0.15, 0.2) is 0 Å². The molecule has 0 spiro atoms. The van der Waals surface area contributed by atoms with E-state index in [1.54, 1.807) is 13.0 Å². The van der Waals surface area contributed by atoms with Crippen LogP contribution in [0.4, 0.5) is 5.69 Å². The number of anilines is 1. The van der Waals surface area contributed by atoms with Crippen molar-refractivity contribution in [1.82, 2.24) is 0 Å². The lowest BCUT2D eigenvalue weighted by Crippen LogP contribution is -2.25. The van der Waals surface area contributed by atoms with Crippen LogP contribution in [0, 0.1) is 17.2 Å². The van der Waals surface area contributed by atoms with Crippen LogP contribution in [-0.4, -0.2) is 18.7 Å². The Morgan fingerprint density at radius 2 is 2.11 bits per heavy atom. The van der Waals surface area contributed by atoms with E-state index in [1.807, 2.05) is 12.1 Å². The minimum Gasteiger partial charge on any atom is -0.389 e. The van der Waals surface area contributed by atoms with Gasteiger partial charge in [-0.25, -0.2) is 0 Å². The smallest absolute Gasteiger partial charge is 0.0992 e. The van der Waals surface area contributed by atoms with Crippen LogP contribution in [0.15, 0.2) is 18.2 Å². The third-order valence-electron chi connectivity index (χ3n) is 4.03. The number of rotatable bonds is 4. The SMILES string of the molecule is C[C@@H](O)c1ccc(C#N)cc1N(C)CC1CCCC1. The molecule has 0 aromatic heterocycles. The predicted octanol–water partition coefficient (Wildman–Crippen LogP) is 3.24. The van der Waals surface area contributed by atoms with E-state index in [-0.39, 0.29) is 0 Å². The molecule has 102 valence electrons. The maximum absolute atomic E-state index is 9.87. The van der Waals surface area contributed by atoms with Gasteiger partial charge in [-0.1, -0.05) is 18.9 Å². The maximum atomic E-state index is 9.87. The van der Waals surface area contributed by atoms with Crippen molar-refractivity contribution < 1.29 is 5.11 Å². The van der Waals surface area contributed by atoms with Crippen molar-refractivity contribution in [2.75, 3.05) is 18.5 Å². The topological polar surface area (TPSA) is 47.3 Å². The summed E-state index contributed by atoms with van der Waals surface area (Å²) >= 11 is 0. The van der Waals surface area contributed by atoms with E-state index in [0.717, 1.165) is 23.7 Å². The summed E-state index contributed by atoms with van der Waals surface area (Å²) in [6.45, 7) is 2.78. The molecule has 0 radical (unpaired) electrons. The van der Waals surface area contributed by atoms with E-state index in [2.05, 4.69) is 18.0 Å². The maximum Gasteiger partial charge on any atom is 0.0992 e. The minimum atomic E-state index is -0.506. The van der Waals surface area contributed by atoms with Gasteiger partial charge in [-0.2, -0.15) is 5.26 Å². The third kappa shape index (κ3) is 3.27. The molecular formula is C16H22N2O. The van der Waals surface area contributed by atoms with E-state index in [0.29, 0.717) is 5.56 Å². The normalized spacial score (nSPS) is 17.2. The van der Waals surface area contributed by atoms with Crippen molar-refractivity contribution >= 4 is 5.69 Å². The Balaban J connectivity index is 2.22. The van der Waals surface area contributed by atoms with Crippen LogP contribution < -0.4 is 4.90 Å². The first-order valence-corrected chi connectivity index (χ1v) is 7.05. The highest BCUT2D eigenvalue weighted by Crippen LogP contribution is 2.30. The quantitative estimate of drug-likeness (QED) is 0.902. The zero-order valence-electron chi connectivity index (χ0n) is 11.8. The molecule has 0 heterocycles. The van der Waals surface area contributed by atoms with Gasteiger partial charge in [0.1, 0.15) is 0 Å². The van der Waals surface area contributed by atoms with Gasteiger partial charge in [0.25, 0.3) is 0 Å². The Hall–Kier alpha value is -1.53. The van der Waals surface area contributed by atoms with Crippen molar-refractivity contribution in [1.29, 1.82) is 5.26 Å². The van der Waals surface area contributed by atoms with E-state index < -0.39 is 6.10 Å². The van der Waals surface area contributed by atoms with E-state index in [1.165, 1.54) is 25.7 Å². The van der Waals surface area contributed by atoms with Crippen LogP contribution in [0.1, 0.15) is 49.8 Å². The molecule has 1 aromatic carbocycles. The molecule has 1 atom stereocenters. The zero-order chi connectivity index (χ0) is 13.8. The molecule has 0 aliphatic heterocycles. The number of hydrogen-bond donors (Lipinski definition) is 1. The van der Waals surface area contributed by atoms with Crippen LogP contribution in [0.2, 0.25) is 0 Å². The Kier molecular flexibility index (Phi) is 4.44. The summed E-state index contributed by atoms with van der Waals surface area (Å²) < 4.78 is 0. The lowest BCUT2D eigenvalue weighted by molar-refractivity contribution is 0.199. The second-order valence-electron chi connectivity index (χ2n) is 5.59. The average Bonchev–Trinajstić information content (AvgIpc) is 2.90. The molecule has 2 rings (SSSR count). The molecular weight excluding hydrogens is 236 g/mol. The number of aliphatic hydroxyl groups excluding tert-OH is 1. The van der Waals surface area contributed by atoms with Crippen molar-refractivity contribution in [3.63, 3.8) is 0 Å². The van der Waals surface area contributed by atoms with Gasteiger partial charge in [-0.05, 0) is 37.8 Å². The summed E-state index contributed by atoms with van der Waals surface area (Å²) in [5.41, 5.74) is 2.54. The van der Waals surface area contributed by atoms with Crippen molar-refractivity contribution in [2.24, 2.45) is 5.92 Å². The molecule has 1 aromatic rings. The van der Waals surface area contributed by atoms with Crippen LogP contribution in [0.25, 0.3) is 0 Å². The lowest BCUT2D eigenvalue weighted by Gasteiger charge is -2.26. The van der Waals surface area contributed by atoms with E-state index in [4.69, 9.17) is 5.26 Å². The highest BCUT2D eigenvalue weighted by molar-refractivity contribution is 5.58. The fourth-order valence-corrected chi connectivity index (χ4v) is 2.98. The fraction of sp³-hybridized carbons (Fsp3) is 0.562. The first-order chi connectivity index (χ1) is 9.11. The molecule has 1 aliphatic carbocycles. The van der Waals surface area contributed by atoms with Gasteiger partial charge >= 0.3 is 0 Å². The Morgan fingerprint density at radius 1 is 1.42 bits per heavy atom. The number of hydrogen-bond acceptors (Lipinski definition) is 3. The number of nitrogens with zero attached hydrogens (tertiary/aromatic N) is 2. The minimum absolute atomic E-state index is 0.506. The summed E-state index contributed by atoms with van der Waals surface area (Å²) in [6, 6.07) is 7.70. The van der Waals surface area contributed by atoms with Gasteiger partial charge in [-0.3, -0.25) is 0 Å². The second kappa shape index (κ2) is 6.08. The van der Waals surface area contributed by atoms with Crippen LogP contribution in [0.5, 0.6) is 0 Å². The predicted molar refractivity (Wildman–Crippen MR) is 77.0 cm³/mol. The van der Waals surface area contributed by atoms with Gasteiger partial charge in [0.05, 0.1) is 17.7 Å². The standard InChI is InChI=1S/C16H22N2O/c1-12(19)15-8-7-14(10-17)9-16(15)18(2)11-13-5-3-4-6-13/h7-9,12-13,19H,3-6,11H2,1-2H3/t12-/m1/s1. The van der Waals surface area contributed by atoms with Crippen LogP contribution in [0.3, 0.4) is 0 Å². The monoisotopic (exact) mass is 258 g/mol. The van der Waals surface area contributed by atoms with Crippen LogP contribution in [-0.2, 0) is 0 Å². The molecule has 0 saturated heterocycles. The highest BCUT2D eigenvalue weighted by Gasteiger charge is 2.19. The fourth-order valence-electron chi connectivity index (χ4n) is 2.98. The Bertz CT molecular complexity index is 470. The molecule has 3 heteroatoms. The van der Waals surface area contributed by atoms with Gasteiger partial charge in [-0.15, -0.1) is 0 Å². The van der Waals surface area contributed by atoms with Gasteiger partial charge < -0.3 is 10.0 Å². The summed E-state index contributed by atoms with van der Waals surface area (Å²) in [4.78, 5) is 2.19. The van der Waals surface area contributed by atoms with E-state index in [9.17, 15) is 5.11 Å². The summed E-state index contributed by atoms with van der Waals surface area (Å²) in [5, 5.41) is 18.9. The molecule has 1 N–H and O–H groups in total. The molecule has 19 heavy (non-hydrogen) atoms. The molecule has 0 unspecified atom stereocenters. The first-order valence-electron chi connectivity index (χ1n) is 7.05. The number of aliphatic hydroxyl groups is 1. The summed E-state index contributed by atoms with van der Waals surface area (Å²) in [6.07, 6.45) is 4.76. The van der Waals surface area contributed by atoms with Crippen LogP contribution >= 0.6 is 0 Å². The largest absolute Gasteiger partial charge is 0.389 e. The Labute approximate surface area is 115 Å². The summed E-state index contributed by atoms with van der Waals surface area (Å²) in [5.74, 6) is 0.748. The zero-order valence-corrected chi connectivity index (χ0v) is 11.8. The number of benzene rings is 1. The first kappa shape index (κ1) is 13.9. The lowest BCUT2D eigenvalue weighted by atomic mass is 10.0. The second-order valence-corrected chi connectivity index (χ2v) is 5.59. The molecule has 1 aliphatic rings. The average molecular weight is 258 g/mol. The molecule has 0 bridgehead atoms. The van der Waals surface area contributed by atoms with Gasteiger partial charge in [0, 0.05) is 24.8 Å². The molecule has 1 saturated carbocycles. The van der Waals surface area contributed by atoms with E-state index >= 15 is 0 Å². The number of nitriles is 1. The molecule has 0 amide bonds. The van der Waals surface area contributed by atoms with Gasteiger partial charge in [0.2, 0.25) is 0 Å². The summed E-state index contributed by atoms with van der Waals surface area (Å²) in [7, 11) is 2.06. The Morgan fingerprint density at radius 3 is 2.68 bits per heavy atom. The molecule has 3 nitrogen and oxygen atoms in total. The van der Waals surface area contributed by atoms with Crippen molar-refractivity contribution in [3.8, 4) is 6.07 Å².